The zero-order valence-corrected chi connectivity index (χ0v) is 16.4. The van der Waals surface area contributed by atoms with Gasteiger partial charge in [-0.1, -0.05) is 18.2 Å². The number of carbonyl (C=O) groups excluding carboxylic acids is 1. The van der Waals surface area contributed by atoms with E-state index in [4.69, 9.17) is 5.14 Å². The van der Waals surface area contributed by atoms with Crippen LogP contribution < -0.4 is 15.4 Å². The van der Waals surface area contributed by atoms with Crippen molar-refractivity contribution in [2.24, 2.45) is 5.14 Å². The van der Waals surface area contributed by atoms with E-state index >= 15 is 0 Å². The number of sulfonamides is 1. The summed E-state index contributed by atoms with van der Waals surface area (Å²) < 4.78 is 23.1. The maximum absolute atomic E-state index is 12.7. The van der Waals surface area contributed by atoms with E-state index in [-0.39, 0.29) is 16.8 Å². The molecular formula is C20H25N3O3S. The van der Waals surface area contributed by atoms with Crippen LogP contribution in [-0.4, -0.2) is 27.4 Å². The molecule has 0 spiro atoms. The fraction of sp³-hybridized carbons (Fsp3) is 0.350. The number of hydrogen-bond donors (Lipinski definition) is 2. The van der Waals surface area contributed by atoms with Crippen LogP contribution in [0.4, 0.5) is 5.69 Å². The van der Waals surface area contributed by atoms with E-state index in [0.29, 0.717) is 11.1 Å². The van der Waals surface area contributed by atoms with Gasteiger partial charge in [0.05, 0.1) is 10.9 Å². The monoisotopic (exact) mass is 387 g/mol. The average molecular weight is 388 g/mol. The molecule has 1 atom stereocenters. The van der Waals surface area contributed by atoms with E-state index in [9.17, 15) is 13.2 Å². The summed E-state index contributed by atoms with van der Waals surface area (Å²) in [4.78, 5) is 15.0. The normalized spacial score (nSPS) is 15.6. The van der Waals surface area contributed by atoms with Crippen LogP contribution in [0.2, 0.25) is 0 Å². The summed E-state index contributed by atoms with van der Waals surface area (Å²) >= 11 is 0. The molecule has 27 heavy (non-hydrogen) atoms. The summed E-state index contributed by atoms with van der Waals surface area (Å²) in [5.41, 5.74) is 3.17. The highest BCUT2D eigenvalue weighted by Gasteiger charge is 2.18. The molecule has 7 heteroatoms. The number of hydrogen-bond acceptors (Lipinski definition) is 4. The Labute approximate surface area is 160 Å². The van der Waals surface area contributed by atoms with Crippen molar-refractivity contribution in [3.8, 4) is 0 Å². The minimum atomic E-state index is -3.86. The molecular weight excluding hydrogens is 362 g/mol. The molecule has 0 saturated carbocycles. The van der Waals surface area contributed by atoms with Crippen molar-refractivity contribution in [3.05, 3.63) is 59.2 Å². The van der Waals surface area contributed by atoms with Crippen LogP contribution >= 0.6 is 0 Å². The van der Waals surface area contributed by atoms with Gasteiger partial charge in [-0.2, -0.15) is 0 Å². The number of nitrogens with zero attached hydrogens (tertiary/aromatic N) is 1. The Balaban J connectivity index is 1.79. The third kappa shape index (κ3) is 4.48. The summed E-state index contributed by atoms with van der Waals surface area (Å²) in [5.74, 6) is -0.322. The highest BCUT2D eigenvalue weighted by atomic mass is 32.2. The first-order valence-electron chi connectivity index (χ1n) is 9.05. The van der Waals surface area contributed by atoms with Crippen LogP contribution in [0.15, 0.2) is 47.4 Å². The summed E-state index contributed by atoms with van der Waals surface area (Å²) in [6, 6.07) is 12.3. The molecule has 2 aromatic carbocycles. The zero-order chi connectivity index (χ0) is 19.6. The van der Waals surface area contributed by atoms with E-state index in [1.54, 1.807) is 13.0 Å². The Bertz CT molecular complexity index is 951. The van der Waals surface area contributed by atoms with Gasteiger partial charge in [0.15, 0.2) is 0 Å². The molecule has 1 amide bonds. The Morgan fingerprint density at radius 1 is 1.15 bits per heavy atom. The smallest absolute Gasteiger partial charge is 0.252 e. The molecule has 0 aromatic heterocycles. The lowest BCUT2D eigenvalue weighted by Gasteiger charge is -2.21. The van der Waals surface area contributed by atoms with Crippen LogP contribution in [0, 0.1) is 6.92 Å². The van der Waals surface area contributed by atoms with Gasteiger partial charge in [-0.3, -0.25) is 4.79 Å². The molecule has 3 rings (SSSR count). The van der Waals surface area contributed by atoms with E-state index in [1.165, 1.54) is 30.7 Å². The first kappa shape index (κ1) is 19.4. The SMILES string of the molecule is Cc1ccc(S(N)(=O)=O)cc1C(=O)NC(C)c1cccc(N2CCCC2)c1. The Morgan fingerprint density at radius 3 is 2.52 bits per heavy atom. The average Bonchev–Trinajstić information content (AvgIpc) is 3.15. The standard InChI is InChI=1S/C20H25N3O3S/c1-14-8-9-18(27(21,25)26)13-19(14)20(24)22-15(2)16-6-5-7-17(12-16)23-10-3-4-11-23/h5-9,12-13,15H,3-4,10-11H2,1-2H3,(H,22,24)(H2,21,25,26). The predicted octanol–water partition coefficient (Wildman–Crippen LogP) is 2.73. The lowest BCUT2D eigenvalue weighted by molar-refractivity contribution is 0.0939. The molecule has 1 heterocycles. The number of benzene rings is 2. The van der Waals surface area contributed by atoms with Gasteiger partial charge >= 0.3 is 0 Å². The minimum Gasteiger partial charge on any atom is -0.372 e. The van der Waals surface area contributed by atoms with Gasteiger partial charge in [-0.15, -0.1) is 0 Å². The molecule has 144 valence electrons. The Kier molecular flexibility index (Phi) is 5.53. The van der Waals surface area contributed by atoms with Crippen LogP contribution in [-0.2, 0) is 10.0 Å². The molecule has 1 fully saturated rings. The quantitative estimate of drug-likeness (QED) is 0.825. The molecule has 0 radical (unpaired) electrons. The van der Waals surface area contributed by atoms with Crippen LogP contribution in [0.25, 0.3) is 0 Å². The second-order valence-corrected chi connectivity index (χ2v) is 8.57. The van der Waals surface area contributed by atoms with Crippen molar-refractivity contribution >= 4 is 21.6 Å². The number of nitrogens with two attached hydrogens (primary N) is 1. The second-order valence-electron chi connectivity index (χ2n) is 7.01. The van der Waals surface area contributed by atoms with Gasteiger partial charge in [0.2, 0.25) is 10.0 Å². The van der Waals surface area contributed by atoms with Crippen molar-refractivity contribution in [2.45, 2.75) is 37.6 Å². The van der Waals surface area contributed by atoms with Gasteiger partial charge in [-0.05, 0) is 62.1 Å². The molecule has 2 aromatic rings. The van der Waals surface area contributed by atoms with E-state index in [2.05, 4.69) is 22.3 Å². The fourth-order valence-electron chi connectivity index (χ4n) is 3.35. The zero-order valence-electron chi connectivity index (χ0n) is 15.6. The maximum atomic E-state index is 12.7. The van der Waals surface area contributed by atoms with E-state index in [1.807, 2.05) is 19.1 Å². The van der Waals surface area contributed by atoms with Crippen molar-refractivity contribution in [1.29, 1.82) is 0 Å². The van der Waals surface area contributed by atoms with Gasteiger partial charge in [-0.25, -0.2) is 13.6 Å². The predicted molar refractivity (Wildman–Crippen MR) is 106 cm³/mol. The number of primary sulfonamides is 1. The van der Waals surface area contributed by atoms with Crippen molar-refractivity contribution < 1.29 is 13.2 Å². The van der Waals surface area contributed by atoms with Crippen LogP contribution in [0.1, 0.15) is 47.3 Å². The van der Waals surface area contributed by atoms with Gasteiger partial charge in [0.25, 0.3) is 5.91 Å². The molecule has 0 aliphatic carbocycles. The highest BCUT2D eigenvalue weighted by molar-refractivity contribution is 7.89. The number of carbonyl (C=O) groups is 1. The first-order valence-corrected chi connectivity index (χ1v) is 10.6. The fourth-order valence-corrected chi connectivity index (χ4v) is 3.89. The van der Waals surface area contributed by atoms with Crippen LogP contribution in [0.3, 0.4) is 0 Å². The second kappa shape index (κ2) is 7.70. The number of aryl methyl sites for hydroxylation is 1. The first-order chi connectivity index (χ1) is 12.8. The number of anilines is 1. The van der Waals surface area contributed by atoms with E-state index in [0.717, 1.165) is 18.7 Å². The Morgan fingerprint density at radius 2 is 1.85 bits per heavy atom. The molecule has 1 saturated heterocycles. The minimum absolute atomic E-state index is 0.0677. The number of rotatable bonds is 5. The molecule has 1 aliphatic heterocycles. The summed E-state index contributed by atoms with van der Waals surface area (Å²) in [6.45, 7) is 5.80. The number of nitrogens with one attached hydrogen (secondary N) is 1. The molecule has 1 aliphatic rings. The summed E-state index contributed by atoms with van der Waals surface area (Å²) in [5, 5.41) is 8.14. The number of amides is 1. The van der Waals surface area contributed by atoms with Gasteiger partial charge in [0.1, 0.15) is 0 Å². The van der Waals surface area contributed by atoms with Gasteiger partial charge < -0.3 is 10.2 Å². The topological polar surface area (TPSA) is 92.5 Å². The lowest BCUT2D eigenvalue weighted by atomic mass is 10.0. The van der Waals surface area contributed by atoms with E-state index < -0.39 is 10.0 Å². The highest BCUT2D eigenvalue weighted by Crippen LogP contribution is 2.24. The summed E-state index contributed by atoms with van der Waals surface area (Å²) in [7, 11) is -3.86. The van der Waals surface area contributed by atoms with Crippen molar-refractivity contribution in [3.63, 3.8) is 0 Å². The largest absolute Gasteiger partial charge is 0.372 e. The van der Waals surface area contributed by atoms with Gasteiger partial charge in [0, 0.05) is 24.3 Å². The molecule has 0 bridgehead atoms. The maximum Gasteiger partial charge on any atom is 0.252 e. The van der Waals surface area contributed by atoms with Crippen molar-refractivity contribution in [1.82, 2.24) is 5.32 Å². The Hall–Kier alpha value is -2.38. The lowest BCUT2D eigenvalue weighted by Crippen LogP contribution is -2.28. The molecule has 6 nitrogen and oxygen atoms in total. The summed E-state index contributed by atoms with van der Waals surface area (Å²) in [6.07, 6.45) is 2.41. The van der Waals surface area contributed by atoms with Crippen LogP contribution in [0.5, 0.6) is 0 Å². The third-order valence-corrected chi connectivity index (χ3v) is 5.88. The van der Waals surface area contributed by atoms with Crippen molar-refractivity contribution in [2.75, 3.05) is 18.0 Å². The molecule has 1 unspecified atom stereocenters. The molecule has 3 N–H and O–H groups in total. The third-order valence-electron chi connectivity index (χ3n) is 4.97.